The van der Waals surface area contributed by atoms with Gasteiger partial charge in [-0.2, -0.15) is 0 Å². The zero-order valence-electron chi connectivity index (χ0n) is 22.8. The zero-order chi connectivity index (χ0) is 27.6. The van der Waals surface area contributed by atoms with Crippen molar-refractivity contribution in [3.8, 4) is 22.5 Å². The molecule has 3 aromatic heterocycles. The summed E-state index contributed by atoms with van der Waals surface area (Å²) in [5.74, 6) is 0. The molecule has 0 aliphatic rings. The topological polar surface area (TPSA) is 22.8 Å². The van der Waals surface area contributed by atoms with Crippen LogP contribution in [0.4, 0.5) is 0 Å². The Hall–Kier alpha value is -5.67. The molecule has 0 N–H and O–H groups in total. The molecule has 0 amide bonds. The fourth-order valence-corrected chi connectivity index (χ4v) is 6.78. The fourth-order valence-electron chi connectivity index (χ4n) is 6.78. The molecule has 0 saturated heterocycles. The Kier molecular flexibility index (Phi) is 4.90. The second-order valence-corrected chi connectivity index (χ2v) is 10.8. The van der Waals surface area contributed by atoms with Gasteiger partial charge in [0, 0.05) is 44.5 Å². The van der Waals surface area contributed by atoms with Crippen molar-refractivity contribution in [3.05, 3.63) is 152 Å². The molecule has 0 saturated carbocycles. The van der Waals surface area contributed by atoms with E-state index in [0.717, 1.165) is 11.2 Å². The summed E-state index contributed by atoms with van der Waals surface area (Å²) in [6.07, 6.45) is 1.85. The van der Waals surface area contributed by atoms with Crippen LogP contribution in [0.25, 0.3) is 77.0 Å². The molecule has 196 valence electrons. The molecular weight excluding hydrogens is 510 g/mol. The fraction of sp³-hybridized carbons (Fsp3) is 0. The normalized spacial score (nSPS) is 11.8. The molecule has 3 heteroatoms. The second kappa shape index (κ2) is 8.92. The quantitative estimate of drug-likeness (QED) is 0.221. The van der Waals surface area contributed by atoms with Crippen molar-refractivity contribution in [2.75, 3.05) is 0 Å². The SMILES string of the molecule is c1ccc(-n2c3ccccc3c3c2ccc2c4ccccc4n(-c4ccc(-c5cccc6ncccc56)cc4)c23)cc1. The molecule has 6 aromatic carbocycles. The lowest BCUT2D eigenvalue weighted by atomic mass is 10.0. The van der Waals surface area contributed by atoms with Gasteiger partial charge in [-0.25, -0.2) is 0 Å². The van der Waals surface area contributed by atoms with Crippen LogP contribution in [0.1, 0.15) is 0 Å². The summed E-state index contributed by atoms with van der Waals surface area (Å²) in [6, 6.07) is 52.3. The van der Waals surface area contributed by atoms with Gasteiger partial charge in [0.2, 0.25) is 0 Å². The van der Waals surface area contributed by atoms with Crippen molar-refractivity contribution in [3.63, 3.8) is 0 Å². The number of benzene rings is 6. The second-order valence-electron chi connectivity index (χ2n) is 10.8. The zero-order valence-corrected chi connectivity index (χ0v) is 22.8. The average molecular weight is 536 g/mol. The number of pyridine rings is 1. The largest absolute Gasteiger partial charge is 0.309 e. The Morgan fingerprint density at radius 2 is 1.10 bits per heavy atom. The van der Waals surface area contributed by atoms with Crippen LogP contribution < -0.4 is 0 Å². The van der Waals surface area contributed by atoms with E-state index in [2.05, 4.69) is 154 Å². The first-order valence-electron chi connectivity index (χ1n) is 14.3. The van der Waals surface area contributed by atoms with E-state index in [9.17, 15) is 0 Å². The van der Waals surface area contributed by atoms with Crippen molar-refractivity contribution in [2.45, 2.75) is 0 Å². The van der Waals surface area contributed by atoms with E-state index in [1.165, 1.54) is 65.8 Å². The summed E-state index contributed by atoms with van der Waals surface area (Å²) in [7, 11) is 0. The maximum absolute atomic E-state index is 4.57. The minimum atomic E-state index is 1.01. The van der Waals surface area contributed by atoms with Crippen LogP contribution in [0.2, 0.25) is 0 Å². The first-order chi connectivity index (χ1) is 20.9. The lowest BCUT2D eigenvalue weighted by Crippen LogP contribution is -1.95. The number of hydrogen-bond acceptors (Lipinski definition) is 1. The van der Waals surface area contributed by atoms with Gasteiger partial charge >= 0.3 is 0 Å². The van der Waals surface area contributed by atoms with E-state index in [4.69, 9.17) is 0 Å². The van der Waals surface area contributed by atoms with Gasteiger partial charge in [0.15, 0.2) is 0 Å². The highest BCUT2D eigenvalue weighted by Crippen LogP contribution is 2.42. The molecule has 0 atom stereocenters. The van der Waals surface area contributed by atoms with Crippen LogP contribution in [0.15, 0.2) is 152 Å². The third-order valence-electron chi connectivity index (χ3n) is 8.57. The minimum Gasteiger partial charge on any atom is -0.309 e. The van der Waals surface area contributed by atoms with E-state index in [1.807, 2.05) is 12.3 Å². The molecule has 0 unspecified atom stereocenters. The predicted molar refractivity (Wildman–Crippen MR) is 176 cm³/mol. The van der Waals surface area contributed by atoms with E-state index in [0.29, 0.717) is 0 Å². The summed E-state index contributed by atoms with van der Waals surface area (Å²) in [4.78, 5) is 4.57. The third-order valence-corrected chi connectivity index (χ3v) is 8.57. The molecular formula is C39H25N3. The number of nitrogens with zero attached hydrogens (tertiary/aromatic N) is 3. The van der Waals surface area contributed by atoms with Crippen LogP contribution in [-0.2, 0) is 0 Å². The Balaban J connectivity index is 1.36. The third kappa shape index (κ3) is 3.25. The maximum atomic E-state index is 4.57. The van der Waals surface area contributed by atoms with Gasteiger partial charge in [-0.3, -0.25) is 4.98 Å². The van der Waals surface area contributed by atoms with Gasteiger partial charge < -0.3 is 9.13 Å². The summed E-state index contributed by atoms with van der Waals surface area (Å²) in [6.45, 7) is 0. The Morgan fingerprint density at radius 1 is 0.405 bits per heavy atom. The van der Waals surface area contributed by atoms with E-state index in [1.54, 1.807) is 0 Å². The lowest BCUT2D eigenvalue weighted by molar-refractivity contribution is 1.17. The van der Waals surface area contributed by atoms with E-state index < -0.39 is 0 Å². The molecule has 0 aliphatic heterocycles. The van der Waals surface area contributed by atoms with Gasteiger partial charge in [0.05, 0.1) is 27.6 Å². The summed E-state index contributed by atoms with van der Waals surface area (Å²) in [5, 5.41) is 6.21. The summed E-state index contributed by atoms with van der Waals surface area (Å²) in [5.41, 5.74) is 10.6. The van der Waals surface area contributed by atoms with Gasteiger partial charge in [0.1, 0.15) is 0 Å². The summed E-state index contributed by atoms with van der Waals surface area (Å²) >= 11 is 0. The van der Waals surface area contributed by atoms with Crippen LogP contribution in [-0.4, -0.2) is 14.1 Å². The summed E-state index contributed by atoms with van der Waals surface area (Å²) < 4.78 is 4.84. The highest BCUT2D eigenvalue weighted by atomic mass is 15.0. The minimum absolute atomic E-state index is 1.01. The van der Waals surface area contributed by atoms with Crippen LogP contribution in [0.5, 0.6) is 0 Å². The van der Waals surface area contributed by atoms with Gasteiger partial charge in [-0.05, 0) is 65.7 Å². The molecule has 42 heavy (non-hydrogen) atoms. The van der Waals surface area contributed by atoms with E-state index >= 15 is 0 Å². The Labute approximate surface area is 242 Å². The van der Waals surface area contributed by atoms with Crippen molar-refractivity contribution >= 4 is 54.5 Å². The lowest BCUT2D eigenvalue weighted by Gasteiger charge is -2.12. The monoisotopic (exact) mass is 535 g/mol. The average Bonchev–Trinajstić information content (AvgIpc) is 3.58. The van der Waals surface area contributed by atoms with Crippen molar-refractivity contribution in [2.24, 2.45) is 0 Å². The van der Waals surface area contributed by atoms with Crippen molar-refractivity contribution in [1.82, 2.24) is 14.1 Å². The van der Waals surface area contributed by atoms with Crippen molar-refractivity contribution < 1.29 is 0 Å². The molecule has 0 radical (unpaired) electrons. The predicted octanol–water partition coefficient (Wildman–Crippen LogP) is 10.1. The van der Waals surface area contributed by atoms with Crippen LogP contribution in [0, 0.1) is 0 Å². The number of hydrogen-bond donors (Lipinski definition) is 0. The molecule has 3 heterocycles. The molecule has 9 aromatic rings. The molecule has 0 spiro atoms. The Bertz CT molecular complexity index is 2440. The highest BCUT2D eigenvalue weighted by molar-refractivity contribution is 6.26. The maximum Gasteiger partial charge on any atom is 0.0708 e. The van der Waals surface area contributed by atoms with Gasteiger partial charge in [0.25, 0.3) is 0 Å². The molecule has 0 bridgehead atoms. The smallest absolute Gasteiger partial charge is 0.0708 e. The van der Waals surface area contributed by atoms with Gasteiger partial charge in [-0.15, -0.1) is 0 Å². The first kappa shape index (κ1) is 23.1. The van der Waals surface area contributed by atoms with Crippen LogP contribution >= 0.6 is 0 Å². The Morgan fingerprint density at radius 3 is 1.93 bits per heavy atom. The molecule has 3 nitrogen and oxygen atoms in total. The van der Waals surface area contributed by atoms with Crippen molar-refractivity contribution in [1.29, 1.82) is 0 Å². The molecule has 9 rings (SSSR count). The number of fused-ring (bicyclic) bond motifs is 8. The first-order valence-corrected chi connectivity index (χ1v) is 14.3. The van der Waals surface area contributed by atoms with Gasteiger partial charge in [-0.1, -0.05) is 91.0 Å². The number of para-hydroxylation sites is 3. The molecule has 0 aliphatic carbocycles. The number of aromatic nitrogens is 3. The number of rotatable bonds is 3. The van der Waals surface area contributed by atoms with E-state index in [-0.39, 0.29) is 0 Å². The standard InChI is InChI=1S/C39H25N3/c1-2-10-27(11-3-1)41-36-18-7-5-13-33(36)38-37(41)24-23-32-31-12-4-6-17-35(31)42(39(32)38)28-21-19-26(20-22-28)29-14-8-16-34-30(29)15-9-25-40-34/h1-25H. The van der Waals surface area contributed by atoms with Crippen LogP contribution in [0.3, 0.4) is 0 Å². The highest BCUT2D eigenvalue weighted by Gasteiger charge is 2.20. The molecule has 0 fully saturated rings.